The highest BCUT2D eigenvalue weighted by Gasteiger charge is 2.14. The molecule has 1 atom stereocenters. The molecule has 1 aliphatic rings. The molecule has 1 aliphatic heterocycles. The molecule has 0 aromatic carbocycles. The number of piperidine rings is 1. The summed E-state index contributed by atoms with van der Waals surface area (Å²) in [5.41, 5.74) is 0. The third kappa shape index (κ3) is 4.10. The van der Waals surface area contributed by atoms with E-state index in [1.54, 1.807) is 0 Å². The van der Waals surface area contributed by atoms with Crippen LogP contribution in [0.4, 0.5) is 0 Å². The zero-order chi connectivity index (χ0) is 9.52. The van der Waals surface area contributed by atoms with Crippen LogP contribution < -0.4 is 5.32 Å². The van der Waals surface area contributed by atoms with Gasteiger partial charge < -0.3 is 10.1 Å². The monoisotopic (exact) mass is 185 g/mol. The summed E-state index contributed by atoms with van der Waals surface area (Å²) in [5, 5.41) is 3.37. The second-order valence-electron chi connectivity index (χ2n) is 3.98. The molecule has 1 N–H and O–H groups in total. The Morgan fingerprint density at radius 2 is 2.15 bits per heavy atom. The fraction of sp³-hybridized carbons (Fsp3) is 1.00. The average molecular weight is 185 g/mol. The van der Waals surface area contributed by atoms with Gasteiger partial charge >= 0.3 is 0 Å². The maximum absolute atomic E-state index is 5.86. The van der Waals surface area contributed by atoms with Crippen molar-refractivity contribution in [3.05, 3.63) is 0 Å². The maximum Gasteiger partial charge on any atom is 0.0700 e. The van der Waals surface area contributed by atoms with Gasteiger partial charge in [0.05, 0.1) is 6.10 Å². The van der Waals surface area contributed by atoms with Gasteiger partial charge in [-0.3, -0.25) is 0 Å². The Labute approximate surface area is 82.0 Å². The number of ether oxygens (including phenoxy) is 1. The van der Waals surface area contributed by atoms with Gasteiger partial charge in [0.15, 0.2) is 0 Å². The second-order valence-corrected chi connectivity index (χ2v) is 3.98. The summed E-state index contributed by atoms with van der Waals surface area (Å²) in [6.07, 6.45) is 5.49. The predicted octanol–water partition coefficient (Wildman–Crippen LogP) is 2.19. The third-order valence-electron chi connectivity index (χ3n) is 2.97. The fourth-order valence-corrected chi connectivity index (χ4v) is 1.76. The van der Waals surface area contributed by atoms with Crippen molar-refractivity contribution < 1.29 is 4.74 Å². The quantitative estimate of drug-likeness (QED) is 0.709. The normalized spacial score (nSPS) is 23.8. The molecule has 0 aliphatic carbocycles. The lowest BCUT2D eigenvalue weighted by atomic mass is 10.0. The van der Waals surface area contributed by atoms with Crippen molar-refractivity contribution in [1.82, 2.24) is 5.32 Å². The molecule has 0 saturated carbocycles. The van der Waals surface area contributed by atoms with E-state index in [0.29, 0.717) is 6.10 Å². The van der Waals surface area contributed by atoms with Crippen LogP contribution in [-0.4, -0.2) is 25.8 Å². The molecule has 2 nitrogen and oxygen atoms in total. The van der Waals surface area contributed by atoms with Crippen LogP contribution in [0.25, 0.3) is 0 Å². The van der Waals surface area contributed by atoms with Gasteiger partial charge in [-0.05, 0) is 25.3 Å². The summed E-state index contributed by atoms with van der Waals surface area (Å²) in [4.78, 5) is 0. The van der Waals surface area contributed by atoms with E-state index in [0.717, 1.165) is 19.1 Å². The van der Waals surface area contributed by atoms with Crippen LogP contribution in [0, 0.1) is 5.92 Å². The minimum atomic E-state index is 0.481. The van der Waals surface area contributed by atoms with E-state index in [1.807, 2.05) is 0 Å². The first-order chi connectivity index (χ1) is 6.36. The summed E-state index contributed by atoms with van der Waals surface area (Å²) < 4.78 is 5.86. The van der Waals surface area contributed by atoms with Gasteiger partial charge in [-0.15, -0.1) is 0 Å². The first-order valence-corrected chi connectivity index (χ1v) is 5.69. The van der Waals surface area contributed by atoms with Crippen molar-refractivity contribution in [2.75, 3.05) is 19.7 Å². The third-order valence-corrected chi connectivity index (χ3v) is 2.97. The molecule has 1 fully saturated rings. The first-order valence-electron chi connectivity index (χ1n) is 5.69. The first kappa shape index (κ1) is 11.0. The van der Waals surface area contributed by atoms with Crippen LogP contribution in [0.3, 0.4) is 0 Å². The Morgan fingerprint density at radius 3 is 2.69 bits per heavy atom. The summed E-state index contributed by atoms with van der Waals surface area (Å²) >= 11 is 0. The van der Waals surface area contributed by atoms with Crippen molar-refractivity contribution in [3.63, 3.8) is 0 Å². The Morgan fingerprint density at radius 1 is 1.38 bits per heavy atom. The van der Waals surface area contributed by atoms with Crippen LogP contribution in [0.5, 0.6) is 0 Å². The van der Waals surface area contributed by atoms with Crippen molar-refractivity contribution in [1.29, 1.82) is 0 Å². The van der Waals surface area contributed by atoms with Gasteiger partial charge in [0.25, 0.3) is 0 Å². The van der Waals surface area contributed by atoms with Gasteiger partial charge in [-0.25, -0.2) is 0 Å². The number of rotatable bonds is 5. The molecule has 0 bridgehead atoms. The standard InChI is InChI=1S/C11H23NO/c1-3-10(4-2)9-13-11-6-5-7-12-8-11/h10-12H,3-9H2,1-2H3. The van der Waals surface area contributed by atoms with Crippen LogP contribution in [0.2, 0.25) is 0 Å². The predicted molar refractivity (Wildman–Crippen MR) is 55.9 cm³/mol. The van der Waals surface area contributed by atoms with Gasteiger partial charge in [0.1, 0.15) is 0 Å². The summed E-state index contributed by atoms with van der Waals surface area (Å²) in [5.74, 6) is 0.766. The topological polar surface area (TPSA) is 21.3 Å². The lowest BCUT2D eigenvalue weighted by Crippen LogP contribution is -2.36. The van der Waals surface area contributed by atoms with Crippen LogP contribution in [0.15, 0.2) is 0 Å². The van der Waals surface area contributed by atoms with E-state index in [2.05, 4.69) is 19.2 Å². The fourth-order valence-electron chi connectivity index (χ4n) is 1.76. The Hall–Kier alpha value is -0.0800. The molecule has 1 heterocycles. The van der Waals surface area contributed by atoms with Gasteiger partial charge in [0, 0.05) is 13.2 Å². The Kier molecular flexibility index (Phi) is 5.40. The Balaban J connectivity index is 2.09. The van der Waals surface area contributed by atoms with Gasteiger partial charge in [0.2, 0.25) is 0 Å². The van der Waals surface area contributed by atoms with E-state index < -0.39 is 0 Å². The molecule has 0 aromatic heterocycles. The highest BCUT2D eigenvalue weighted by Crippen LogP contribution is 2.12. The van der Waals surface area contributed by atoms with E-state index in [-0.39, 0.29) is 0 Å². The van der Waals surface area contributed by atoms with Crippen LogP contribution in [0.1, 0.15) is 39.5 Å². The molecule has 13 heavy (non-hydrogen) atoms. The molecule has 1 saturated heterocycles. The number of hydrogen-bond donors (Lipinski definition) is 1. The molecule has 0 amide bonds. The molecule has 0 spiro atoms. The molecular weight excluding hydrogens is 162 g/mol. The van der Waals surface area contributed by atoms with Crippen LogP contribution >= 0.6 is 0 Å². The second kappa shape index (κ2) is 6.39. The van der Waals surface area contributed by atoms with Crippen molar-refractivity contribution in [3.8, 4) is 0 Å². The van der Waals surface area contributed by atoms with Crippen molar-refractivity contribution >= 4 is 0 Å². The minimum Gasteiger partial charge on any atom is -0.377 e. The maximum atomic E-state index is 5.86. The van der Waals surface area contributed by atoms with Crippen LogP contribution in [-0.2, 0) is 4.74 Å². The van der Waals surface area contributed by atoms with E-state index >= 15 is 0 Å². The molecule has 1 rings (SSSR count). The largest absolute Gasteiger partial charge is 0.377 e. The van der Waals surface area contributed by atoms with Crippen molar-refractivity contribution in [2.24, 2.45) is 5.92 Å². The number of nitrogens with one attached hydrogen (secondary N) is 1. The summed E-state index contributed by atoms with van der Waals surface area (Å²) in [6.45, 7) is 7.68. The molecule has 0 radical (unpaired) electrons. The number of hydrogen-bond acceptors (Lipinski definition) is 2. The average Bonchev–Trinajstić information content (AvgIpc) is 2.21. The SMILES string of the molecule is CCC(CC)COC1CCCNC1. The highest BCUT2D eigenvalue weighted by atomic mass is 16.5. The summed E-state index contributed by atoms with van der Waals surface area (Å²) in [6, 6.07) is 0. The van der Waals surface area contributed by atoms with Gasteiger partial charge in [-0.2, -0.15) is 0 Å². The van der Waals surface area contributed by atoms with E-state index in [1.165, 1.54) is 32.2 Å². The molecule has 0 aromatic rings. The lowest BCUT2D eigenvalue weighted by Gasteiger charge is -2.25. The zero-order valence-electron chi connectivity index (χ0n) is 9.01. The lowest BCUT2D eigenvalue weighted by molar-refractivity contribution is 0.0141. The van der Waals surface area contributed by atoms with E-state index in [4.69, 9.17) is 4.74 Å². The van der Waals surface area contributed by atoms with E-state index in [9.17, 15) is 0 Å². The highest BCUT2D eigenvalue weighted by molar-refractivity contribution is 4.69. The molecule has 1 unspecified atom stereocenters. The summed E-state index contributed by atoms with van der Waals surface area (Å²) in [7, 11) is 0. The molecular formula is C11H23NO. The molecule has 78 valence electrons. The van der Waals surface area contributed by atoms with Crippen molar-refractivity contribution in [2.45, 2.75) is 45.6 Å². The Bertz CT molecular complexity index is 117. The smallest absolute Gasteiger partial charge is 0.0700 e. The molecule has 2 heteroatoms. The minimum absolute atomic E-state index is 0.481. The van der Waals surface area contributed by atoms with Gasteiger partial charge in [-0.1, -0.05) is 26.7 Å². The zero-order valence-corrected chi connectivity index (χ0v) is 9.01.